The molecule has 0 N–H and O–H groups in total. The van der Waals surface area contributed by atoms with Gasteiger partial charge in [-0.1, -0.05) is 0 Å². The molecule has 0 bridgehead atoms. The van der Waals surface area contributed by atoms with Crippen LogP contribution >= 0.6 is 27.3 Å². The molecule has 0 aromatic carbocycles. The molecule has 90 valence electrons. The van der Waals surface area contributed by atoms with Gasteiger partial charge in [-0.25, -0.2) is 4.98 Å². The number of nitrogens with zero attached hydrogens (tertiary/aromatic N) is 3. The van der Waals surface area contributed by atoms with Crippen LogP contribution in [0.5, 0.6) is 0 Å². The molecule has 0 aliphatic heterocycles. The number of hydrogen-bond acceptors (Lipinski definition) is 5. The number of hydrogen-bond donors (Lipinski definition) is 0. The maximum atomic E-state index is 12.2. The normalized spacial score (nSPS) is 10.7. The van der Waals surface area contributed by atoms with Gasteiger partial charge in [0, 0.05) is 12.5 Å². The molecule has 0 radical (unpaired) electrons. The summed E-state index contributed by atoms with van der Waals surface area (Å²) < 4.78 is 7.27. The molecule has 0 aliphatic rings. The second-order valence-corrected chi connectivity index (χ2v) is 4.83. The molecule has 0 unspecified atom stereocenters. The lowest BCUT2D eigenvalue weighted by Gasteiger charge is -2.05. The largest absolute Gasteiger partial charge is 0.383 e. The van der Waals surface area contributed by atoms with Crippen molar-refractivity contribution in [3.05, 3.63) is 32.9 Å². The summed E-state index contributed by atoms with van der Waals surface area (Å²) in [4.78, 5) is 16.2. The van der Waals surface area contributed by atoms with E-state index in [2.05, 4.69) is 26.0 Å². The fraction of sp³-hybridized carbons (Fsp3) is 0.300. The Balaban J connectivity index is 2.31. The molecule has 0 spiro atoms. The van der Waals surface area contributed by atoms with Gasteiger partial charge in [-0.3, -0.25) is 9.48 Å². The topological polar surface area (TPSA) is 57.0 Å². The van der Waals surface area contributed by atoms with Gasteiger partial charge in [0.2, 0.25) is 5.78 Å². The number of thiazole rings is 1. The van der Waals surface area contributed by atoms with Crippen molar-refractivity contribution in [1.82, 2.24) is 14.8 Å². The van der Waals surface area contributed by atoms with Crippen LogP contribution in [-0.2, 0) is 11.3 Å². The van der Waals surface area contributed by atoms with Crippen molar-refractivity contribution in [2.24, 2.45) is 0 Å². The summed E-state index contributed by atoms with van der Waals surface area (Å²) in [6.07, 6.45) is 1.61. The zero-order valence-corrected chi connectivity index (χ0v) is 11.5. The van der Waals surface area contributed by atoms with E-state index in [9.17, 15) is 4.79 Å². The highest BCUT2D eigenvalue weighted by molar-refractivity contribution is 9.10. The average Bonchev–Trinajstić information content (AvgIpc) is 2.95. The third kappa shape index (κ3) is 2.62. The second-order valence-electron chi connectivity index (χ2n) is 3.26. The summed E-state index contributed by atoms with van der Waals surface area (Å²) in [5.74, 6) is -0.133. The molecule has 0 amide bonds. The molecule has 0 saturated heterocycles. The summed E-state index contributed by atoms with van der Waals surface area (Å²) in [6, 6.07) is 0. The summed E-state index contributed by atoms with van der Waals surface area (Å²) in [5, 5.41) is 5.85. The zero-order valence-electron chi connectivity index (χ0n) is 9.09. The number of carbonyl (C=O) groups is 1. The lowest BCUT2D eigenvalue weighted by molar-refractivity contribution is 0.102. The van der Waals surface area contributed by atoms with Crippen molar-refractivity contribution >= 4 is 33.0 Å². The number of rotatable bonds is 5. The molecule has 0 fully saturated rings. The number of halogens is 1. The predicted octanol–water partition coefficient (Wildman–Crippen LogP) is 1.98. The van der Waals surface area contributed by atoms with Crippen LogP contribution in [-0.4, -0.2) is 34.3 Å². The van der Waals surface area contributed by atoms with E-state index >= 15 is 0 Å². The summed E-state index contributed by atoms with van der Waals surface area (Å²) in [6.45, 7) is 1.04. The molecule has 2 heterocycles. The van der Waals surface area contributed by atoms with E-state index < -0.39 is 0 Å². The number of carbonyl (C=O) groups excluding carboxylic acids is 1. The standard InChI is InChI=1S/C10H10BrN3O2S/c1-16-3-2-14-9(7(11)4-13-14)10(15)8-5-17-6-12-8/h4-6H,2-3H2,1H3. The first-order valence-corrected chi connectivity index (χ1v) is 6.60. The van der Waals surface area contributed by atoms with Gasteiger partial charge in [-0.05, 0) is 15.9 Å². The molecule has 2 rings (SSSR count). The van der Waals surface area contributed by atoms with Crippen LogP contribution in [0.1, 0.15) is 16.2 Å². The van der Waals surface area contributed by atoms with Crippen LogP contribution < -0.4 is 0 Å². The highest BCUT2D eigenvalue weighted by Gasteiger charge is 2.20. The molecular formula is C10H10BrN3O2S. The van der Waals surface area contributed by atoms with Crippen LogP contribution in [0.25, 0.3) is 0 Å². The Kier molecular flexibility index (Phi) is 4.03. The first-order valence-electron chi connectivity index (χ1n) is 4.87. The molecule has 0 atom stereocenters. The summed E-state index contributed by atoms with van der Waals surface area (Å²) in [7, 11) is 1.61. The van der Waals surface area contributed by atoms with Gasteiger partial charge in [0.05, 0.1) is 29.3 Å². The number of aromatic nitrogens is 3. The van der Waals surface area contributed by atoms with Gasteiger partial charge in [0.15, 0.2) is 0 Å². The Morgan fingerprint density at radius 1 is 1.65 bits per heavy atom. The quantitative estimate of drug-likeness (QED) is 0.792. The number of methoxy groups -OCH3 is 1. The minimum atomic E-state index is -0.133. The maximum Gasteiger partial charge on any atom is 0.231 e. The van der Waals surface area contributed by atoms with Crippen molar-refractivity contribution < 1.29 is 9.53 Å². The Bertz CT molecular complexity index is 510. The van der Waals surface area contributed by atoms with E-state index in [0.29, 0.717) is 29.0 Å². The van der Waals surface area contributed by atoms with Gasteiger partial charge in [0.1, 0.15) is 11.4 Å². The maximum absolute atomic E-state index is 12.2. The van der Waals surface area contributed by atoms with E-state index in [1.54, 1.807) is 28.9 Å². The van der Waals surface area contributed by atoms with Gasteiger partial charge < -0.3 is 4.74 Å². The molecule has 0 saturated carbocycles. The molecule has 5 nitrogen and oxygen atoms in total. The molecule has 7 heteroatoms. The smallest absolute Gasteiger partial charge is 0.231 e. The van der Waals surface area contributed by atoms with Crippen molar-refractivity contribution in [1.29, 1.82) is 0 Å². The minimum absolute atomic E-state index is 0.133. The molecule has 2 aromatic heterocycles. The highest BCUT2D eigenvalue weighted by Crippen LogP contribution is 2.19. The lowest BCUT2D eigenvalue weighted by atomic mass is 10.2. The molecule has 2 aromatic rings. The Labute approximate surface area is 111 Å². The highest BCUT2D eigenvalue weighted by atomic mass is 79.9. The Morgan fingerprint density at radius 3 is 3.12 bits per heavy atom. The predicted molar refractivity (Wildman–Crippen MR) is 67.3 cm³/mol. The number of ether oxygens (including phenoxy) is 1. The van der Waals surface area contributed by atoms with Crippen LogP contribution in [0.2, 0.25) is 0 Å². The monoisotopic (exact) mass is 315 g/mol. The Hall–Kier alpha value is -1.05. The van der Waals surface area contributed by atoms with Crippen LogP contribution in [0.15, 0.2) is 21.6 Å². The van der Waals surface area contributed by atoms with Gasteiger partial charge >= 0.3 is 0 Å². The fourth-order valence-corrected chi connectivity index (χ4v) is 2.39. The minimum Gasteiger partial charge on any atom is -0.383 e. The van der Waals surface area contributed by atoms with E-state index in [0.717, 1.165) is 0 Å². The SMILES string of the molecule is COCCn1ncc(Br)c1C(=O)c1cscn1. The van der Waals surface area contributed by atoms with Crippen molar-refractivity contribution in [3.8, 4) is 0 Å². The second kappa shape index (κ2) is 5.52. The van der Waals surface area contributed by atoms with E-state index in [1.165, 1.54) is 11.3 Å². The van der Waals surface area contributed by atoms with Crippen molar-refractivity contribution in [2.75, 3.05) is 13.7 Å². The van der Waals surface area contributed by atoms with Gasteiger partial charge in [-0.2, -0.15) is 5.10 Å². The third-order valence-corrected chi connectivity index (χ3v) is 3.35. The molecule has 0 aliphatic carbocycles. The van der Waals surface area contributed by atoms with E-state index in [1.807, 2.05) is 0 Å². The van der Waals surface area contributed by atoms with E-state index in [-0.39, 0.29) is 5.78 Å². The fourth-order valence-electron chi connectivity index (χ4n) is 1.38. The first-order chi connectivity index (χ1) is 8.24. The molecular weight excluding hydrogens is 306 g/mol. The van der Waals surface area contributed by atoms with Gasteiger partial charge in [0.25, 0.3) is 0 Å². The average molecular weight is 316 g/mol. The van der Waals surface area contributed by atoms with Crippen LogP contribution in [0.3, 0.4) is 0 Å². The third-order valence-electron chi connectivity index (χ3n) is 2.18. The van der Waals surface area contributed by atoms with Crippen LogP contribution in [0, 0.1) is 0 Å². The van der Waals surface area contributed by atoms with Crippen molar-refractivity contribution in [2.45, 2.75) is 6.54 Å². The number of ketones is 1. The zero-order chi connectivity index (χ0) is 12.3. The van der Waals surface area contributed by atoms with Crippen LogP contribution in [0.4, 0.5) is 0 Å². The van der Waals surface area contributed by atoms with E-state index in [4.69, 9.17) is 4.74 Å². The van der Waals surface area contributed by atoms with Gasteiger partial charge in [-0.15, -0.1) is 11.3 Å². The summed E-state index contributed by atoms with van der Waals surface area (Å²) >= 11 is 4.72. The lowest BCUT2D eigenvalue weighted by Crippen LogP contribution is -2.15. The Morgan fingerprint density at radius 2 is 2.47 bits per heavy atom. The summed E-state index contributed by atoms with van der Waals surface area (Å²) in [5.41, 5.74) is 2.58. The molecule has 17 heavy (non-hydrogen) atoms. The van der Waals surface area contributed by atoms with Crippen molar-refractivity contribution in [3.63, 3.8) is 0 Å². The first kappa shape index (κ1) is 12.4.